The average molecular weight is 416 g/mol. The number of benzene rings is 1. The second-order valence-electron chi connectivity index (χ2n) is 8.25. The van der Waals surface area contributed by atoms with Crippen molar-refractivity contribution in [3.05, 3.63) is 29.8 Å². The summed E-state index contributed by atoms with van der Waals surface area (Å²) in [6, 6.07) is 8.13. The number of guanidine groups is 1. The van der Waals surface area contributed by atoms with E-state index in [1.807, 2.05) is 24.3 Å². The van der Waals surface area contributed by atoms with Crippen molar-refractivity contribution in [2.75, 3.05) is 38.7 Å². The van der Waals surface area contributed by atoms with E-state index < -0.39 is 0 Å². The van der Waals surface area contributed by atoms with E-state index in [1.54, 1.807) is 23.9 Å². The predicted octanol–water partition coefficient (Wildman–Crippen LogP) is 2.35. The van der Waals surface area contributed by atoms with Gasteiger partial charge in [0.05, 0.1) is 19.6 Å². The number of nitrogens with zero attached hydrogens (tertiary/aromatic N) is 3. The van der Waals surface area contributed by atoms with Gasteiger partial charge in [-0.05, 0) is 36.5 Å². The molecule has 1 saturated heterocycles. The fourth-order valence-electron chi connectivity index (χ4n) is 3.76. The monoisotopic (exact) mass is 415 g/mol. The van der Waals surface area contributed by atoms with Gasteiger partial charge in [-0.3, -0.25) is 9.69 Å². The Balaban J connectivity index is 1.65. The van der Waals surface area contributed by atoms with Crippen molar-refractivity contribution in [1.82, 2.24) is 15.5 Å². The Morgan fingerprint density at radius 2 is 1.97 bits per heavy atom. The third-order valence-electron chi connectivity index (χ3n) is 5.77. The molecule has 1 aliphatic heterocycles. The molecule has 0 spiro atoms. The normalized spacial score (nSPS) is 21.9. The summed E-state index contributed by atoms with van der Waals surface area (Å²) < 4.78 is 4.99. The molecule has 1 aromatic rings. The van der Waals surface area contributed by atoms with Crippen molar-refractivity contribution in [1.29, 1.82) is 0 Å². The highest BCUT2D eigenvalue weighted by Gasteiger charge is 2.24. The van der Waals surface area contributed by atoms with Gasteiger partial charge in [-0.1, -0.05) is 31.9 Å². The standard InChI is InChI=1S/C22H33N5O3/c1-16-6-4-5-7-19(16)25-21(24-15-20(28)26(2)3)23-14-17-8-10-18(11-9-17)27-12-13-30-22(27)29/h8-11,16,19H,4-7,12-15H2,1-3H3,(H2,23,24,25). The van der Waals surface area contributed by atoms with Gasteiger partial charge in [0.2, 0.25) is 5.91 Å². The number of hydrogen-bond donors (Lipinski definition) is 2. The highest BCUT2D eigenvalue weighted by atomic mass is 16.6. The second-order valence-corrected chi connectivity index (χ2v) is 8.25. The maximum absolute atomic E-state index is 12.0. The fraction of sp³-hybridized carbons (Fsp3) is 0.591. The molecule has 2 atom stereocenters. The molecule has 1 heterocycles. The number of cyclic esters (lactones) is 1. The molecule has 2 aliphatic rings. The lowest BCUT2D eigenvalue weighted by molar-refractivity contribution is -0.127. The van der Waals surface area contributed by atoms with Crippen LogP contribution in [0.3, 0.4) is 0 Å². The zero-order chi connectivity index (χ0) is 21.5. The van der Waals surface area contributed by atoms with Crippen LogP contribution in [0.4, 0.5) is 10.5 Å². The van der Waals surface area contributed by atoms with E-state index in [0.29, 0.717) is 37.6 Å². The van der Waals surface area contributed by atoms with Crippen LogP contribution in [-0.4, -0.2) is 62.7 Å². The van der Waals surface area contributed by atoms with Crippen LogP contribution in [0.25, 0.3) is 0 Å². The summed E-state index contributed by atoms with van der Waals surface area (Å²) in [6.45, 7) is 3.96. The number of carbonyl (C=O) groups is 2. The molecule has 1 aromatic carbocycles. The predicted molar refractivity (Wildman–Crippen MR) is 118 cm³/mol. The molecule has 0 radical (unpaired) electrons. The molecule has 30 heavy (non-hydrogen) atoms. The smallest absolute Gasteiger partial charge is 0.414 e. The maximum Gasteiger partial charge on any atom is 0.414 e. The summed E-state index contributed by atoms with van der Waals surface area (Å²) in [4.78, 5) is 31.6. The van der Waals surface area contributed by atoms with Gasteiger partial charge in [-0.2, -0.15) is 0 Å². The van der Waals surface area contributed by atoms with Crippen LogP contribution in [-0.2, 0) is 16.1 Å². The molecule has 0 aromatic heterocycles. The largest absolute Gasteiger partial charge is 0.447 e. The minimum absolute atomic E-state index is 0.00282. The Morgan fingerprint density at radius 3 is 2.60 bits per heavy atom. The Morgan fingerprint density at radius 1 is 1.23 bits per heavy atom. The molecule has 0 bridgehead atoms. The molecule has 8 nitrogen and oxygen atoms in total. The van der Waals surface area contributed by atoms with Gasteiger partial charge >= 0.3 is 6.09 Å². The molecule has 1 saturated carbocycles. The number of anilines is 1. The van der Waals surface area contributed by atoms with Crippen LogP contribution < -0.4 is 15.5 Å². The number of hydrogen-bond acceptors (Lipinski definition) is 4. The zero-order valence-corrected chi connectivity index (χ0v) is 18.2. The number of amides is 2. The lowest BCUT2D eigenvalue weighted by Gasteiger charge is -2.31. The summed E-state index contributed by atoms with van der Waals surface area (Å²) in [5, 5.41) is 6.71. The summed E-state index contributed by atoms with van der Waals surface area (Å²) in [6.07, 6.45) is 4.51. The van der Waals surface area contributed by atoms with Crippen LogP contribution in [0.1, 0.15) is 38.2 Å². The SMILES string of the molecule is CC1CCCCC1NC(=NCc1ccc(N2CCOC2=O)cc1)NCC(=O)N(C)C. The number of ether oxygens (including phenoxy) is 1. The Labute approximate surface area is 178 Å². The molecule has 2 amide bonds. The summed E-state index contributed by atoms with van der Waals surface area (Å²) in [7, 11) is 3.49. The first-order chi connectivity index (χ1) is 14.4. The van der Waals surface area contributed by atoms with E-state index in [0.717, 1.165) is 17.7 Å². The summed E-state index contributed by atoms with van der Waals surface area (Å²) >= 11 is 0. The highest BCUT2D eigenvalue weighted by molar-refractivity contribution is 5.89. The number of rotatable bonds is 6. The van der Waals surface area contributed by atoms with Gasteiger partial charge in [0.25, 0.3) is 0 Å². The van der Waals surface area contributed by atoms with E-state index >= 15 is 0 Å². The van der Waals surface area contributed by atoms with Crippen molar-refractivity contribution in [3.63, 3.8) is 0 Å². The molecular formula is C22H33N5O3. The van der Waals surface area contributed by atoms with Gasteiger partial charge in [0.15, 0.2) is 5.96 Å². The summed E-state index contributed by atoms with van der Waals surface area (Å²) in [5.74, 6) is 1.24. The van der Waals surface area contributed by atoms with E-state index in [4.69, 9.17) is 9.73 Å². The van der Waals surface area contributed by atoms with Crippen molar-refractivity contribution in [2.45, 2.75) is 45.2 Å². The maximum atomic E-state index is 12.0. The van der Waals surface area contributed by atoms with Gasteiger partial charge in [-0.15, -0.1) is 0 Å². The second kappa shape index (κ2) is 10.3. The number of likely N-dealkylation sites (N-methyl/N-ethyl adjacent to an activating group) is 1. The van der Waals surface area contributed by atoms with Crippen LogP contribution in [0, 0.1) is 5.92 Å². The first kappa shape index (κ1) is 21.9. The highest BCUT2D eigenvalue weighted by Crippen LogP contribution is 2.23. The molecule has 3 rings (SSSR count). The zero-order valence-electron chi connectivity index (χ0n) is 18.2. The molecule has 2 fully saturated rings. The number of aliphatic imine (C=N–C) groups is 1. The Hall–Kier alpha value is -2.77. The molecule has 2 unspecified atom stereocenters. The Bertz CT molecular complexity index is 763. The topological polar surface area (TPSA) is 86.3 Å². The molecular weight excluding hydrogens is 382 g/mol. The minimum atomic E-state index is -0.302. The van der Waals surface area contributed by atoms with Crippen LogP contribution in [0.5, 0.6) is 0 Å². The van der Waals surface area contributed by atoms with Crippen LogP contribution in [0.2, 0.25) is 0 Å². The van der Waals surface area contributed by atoms with Crippen molar-refractivity contribution in [2.24, 2.45) is 10.9 Å². The lowest BCUT2D eigenvalue weighted by Crippen LogP contribution is -2.49. The van der Waals surface area contributed by atoms with Gasteiger partial charge in [0, 0.05) is 25.8 Å². The van der Waals surface area contributed by atoms with Crippen molar-refractivity contribution in [3.8, 4) is 0 Å². The van der Waals surface area contributed by atoms with Crippen LogP contribution >= 0.6 is 0 Å². The first-order valence-corrected chi connectivity index (χ1v) is 10.7. The van der Waals surface area contributed by atoms with Gasteiger partial charge in [-0.25, -0.2) is 9.79 Å². The third kappa shape index (κ3) is 5.87. The van der Waals surface area contributed by atoms with Crippen molar-refractivity contribution >= 4 is 23.6 Å². The molecule has 1 aliphatic carbocycles. The first-order valence-electron chi connectivity index (χ1n) is 10.7. The number of nitrogens with one attached hydrogen (secondary N) is 2. The fourth-order valence-corrected chi connectivity index (χ4v) is 3.76. The van der Waals surface area contributed by atoms with Gasteiger partial charge in [0.1, 0.15) is 6.61 Å². The molecule has 164 valence electrons. The van der Waals surface area contributed by atoms with Crippen LogP contribution in [0.15, 0.2) is 29.3 Å². The Kier molecular flexibility index (Phi) is 7.54. The average Bonchev–Trinajstić information content (AvgIpc) is 3.17. The van der Waals surface area contributed by atoms with E-state index in [9.17, 15) is 9.59 Å². The lowest BCUT2D eigenvalue weighted by atomic mass is 9.86. The van der Waals surface area contributed by atoms with Crippen molar-refractivity contribution < 1.29 is 14.3 Å². The van der Waals surface area contributed by atoms with E-state index in [2.05, 4.69) is 17.6 Å². The minimum Gasteiger partial charge on any atom is -0.447 e. The molecule has 2 N–H and O–H groups in total. The molecule has 8 heteroatoms. The van der Waals surface area contributed by atoms with E-state index in [-0.39, 0.29) is 18.5 Å². The van der Waals surface area contributed by atoms with Gasteiger partial charge < -0.3 is 20.3 Å². The number of carbonyl (C=O) groups excluding carboxylic acids is 2. The quantitative estimate of drug-likeness (QED) is 0.550. The summed E-state index contributed by atoms with van der Waals surface area (Å²) in [5.41, 5.74) is 1.86. The third-order valence-corrected chi connectivity index (χ3v) is 5.77. The van der Waals surface area contributed by atoms with E-state index in [1.165, 1.54) is 19.3 Å².